The van der Waals surface area contributed by atoms with Crippen molar-refractivity contribution in [2.24, 2.45) is 0 Å². The molecule has 0 aliphatic carbocycles. The number of aliphatic hydroxyl groups is 1. The van der Waals surface area contributed by atoms with Crippen molar-refractivity contribution in [2.75, 3.05) is 0 Å². The molecule has 0 heterocycles. The summed E-state index contributed by atoms with van der Waals surface area (Å²) in [7, 11) is 0. The van der Waals surface area contributed by atoms with Gasteiger partial charge in [-0.25, -0.2) is 0 Å². The normalized spacial score (nSPS) is 15.5. The Labute approximate surface area is 69.8 Å². The molecular formula is C10H18O. The van der Waals surface area contributed by atoms with E-state index in [9.17, 15) is 5.11 Å². The van der Waals surface area contributed by atoms with Crippen LogP contribution in [0.25, 0.3) is 0 Å². The van der Waals surface area contributed by atoms with Crippen molar-refractivity contribution in [1.82, 2.24) is 0 Å². The Morgan fingerprint density at radius 3 is 2.45 bits per heavy atom. The Morgan fingerprint density at radius 1 is 1.45 bits per heavy atom. The van der Waals surface area contributed by atoms with Gasteiger partial charge < -0.3 is 5.11 Å². The van der Waals surface area contributed by atoms with Gasteiger partial charge in [0.1, 0.15) is 0 Å². The van der Waals surface area contributed by atoms with Crippen LogP contribution in [0.4, 0.5) is 0 Å². The maximum atomic E-state index is 9.81. The molecule has 1 heteroatoms. The van der Waals surface area contributed by atoms with Crippen molar-refractivity contribution in [3.8, 4) is 12.3 Å². The molecule has 0 radical (unpaired) electrons. The molecule has 11 heavy (non-hydrogen) atoms. The van der Waals surface area contributed by atoms with Crippen LogP contribution in [0, 0.1) is 12.3 Å². The molecule has 0 aliphatic rings. The third kappa shape index (κ3) is 4.06. The molecule has 1 atom stereocenters. The Morgan fingerprint density at radius 2 is 2.09 bits per heavy atom. The molecule has 1 N–H and O–H groups in total. The number of rotatable bonds is 5. The minimum Gasteiger partial charge on any atom is -0.389 e. The standard InChI is InChI=1S/C10H18O/c1-4-7-9-10(11,6-3)8-5-2/h2,11H,4,6-9H2,1,3H3/t10-/m1/s1. The average molecular weight is 154 g/mol. The van der Waals surface area contributed by atoms with Gasteiger partial charge in [-0.3, -0.25) is 0 Å². The van der Waals surface area contributed by atoms with Crippen LogP contribution in [-0.2, 0) is 0 Å². The molecule has 0 aromatic rings. The summed E-state index contributed by atoms with van der Waals surface area (Å²) in [6, 6.07) is 0. The molecule has 0 aromatic heterocycles. The molecule has 0 unspecified atom stereocenters. The van der Waals surface area contributed by atoms with Gasteiger partial charge in [0.2, 0.25) is 0 Å². The third-order valence-corrected chi connectivity index (χ3v) is 2.08. The fourth-order valence-corrected chi connectivity index (χ4v) is 1.09. The van der Waals surface area contributed by atoms with Crippen LogP contribution in [0.2, 0.25) is 0 Å². The molecule has 0 spiro atoms. The zero-order chi connectivity index (χ0) is 8.74. The summed E-state index contributed by atoms with van der Waals surface area (Å²) in [4.78, 5) is 0. The Bertz CT molecular complexity index is 134. The SMILES string of the molecule is C#CC[C@](O)(CC)CCCC. The second-order valence-electron chi connectivity index (χ2n) is 3.06. The van der Waals surface area contributed by atoms with Crippen LogP contribution >= 0.6 is 0 Å². The van der Waals surface area contributed by atoms with E-state index in [1.165, 1.54) is 0 Å². The molecule has 0 aromatic carbocycles. The minimum atomic E-state index is -0.592. The molecule has 64 valence electrons. The van der Waals surface area contributed by atoms with Gasteiger partial charge in [0.25, 0.3) is 0 Å². The first-order valence-corrected chi connectivity index (χ1v) is 4.34. The molecule has 0 rings (SSSR count). The van der Waals surface area contributed by atoms with Crippen molar-refractivity contribution in [3.05, 3.63) is 0 Å². The topological polar surface area (TPSA) is 20.2 Å². The quantitative estimate of drug-likeness (QED) is 0.603. The van der Waals surface area contributed by atoms with Crippen LogP contribution in [0.15, 0.2) is 0 Å². The average Bonchev–Trinajstić information content (AvgIpc) is 2.02. The Balaban J connectivity index is 3.80. The number of hydrogen-bond acceptors (Lipinski definition) is 1. The fourth-order valence-electron chi connectivity index (χ4n) is 1.09. The highest BCUT2D eigenvalue weighted by atomic mass is 16.3. The van der Waals surface area contributed by atoms with Crippen LogP contribution in [0.3, 0.4) is 0 Å². The van der Waals surface area contributed by atoms with Crippen molar-refractivity contribution in [3.63, 3.8) is 0 Å². The zero-order valence-electron chi connectivity index (χ0n) is 7.56. The molecule has 1 nitrogen and oxygen atoms in total. The maximum absolute atomic E-state index is 9.81. The highest BCUT2D eigenvalue weighted by molar-refractivity contribution is 4.94. The van der Waals surface area contributed by atoms with Gasteiger partial charge in [0, 0.05) is 6.42 Å². The molecule has 0 aliphatic heterocycles. The molecule has 0 fully saturated rings. The van der Waals surface area contributed by atoms with Crippen molar-refractivity contribution in [1.29, 1.82) is 0 Å². The molecule has 0 amide bonds. The summed E-state index contributed by atoms with van der Waals surface area (Å²) in [5.74, 6) is 2.52. The summed E-state index contributed by atoms with van der Waals surface area (Å²) >= 11 is 0. The van der Waals surface area contributed by atoms with Gasteiger partial charge in [-0.2, -0.15) is 0 Å². The monoisotopic (exact) mass is 154 g/mol. The van der Waals surface area contributed by atoms with Crippen LogP contribution in [0.1, 0.15) is 46.0 Å². The lowest BCUT2D eigenvalue weighted by Gasteiger charge is -2.23. The molecule has 0 saturated heterocycles. The van der Waals surface area contributed by atoms with Gasteiger partial charge in [-0.15, -0.1) is 12.3 Å². The minimum absolute atomic E-state index is 0.490. The molecule has 0 bridgehead atoms. The third-order valence-electron chi connectivity index (χ3n) is 2.08. The van der Waals surface area contributed by atoms with Crippen molar-refractivity contribution >= 4 is 0 Å². The second kappa shape index (κ2) is 5.21. The summed E-state index contributed by atoms with van der Waals surface area (Å²) in [5, 5.41) is 9.81. The predicted molar refractivity (Wildman–Crippen MR) is 48.2 cm³/mol. The largest absolute Gasteiger partial charge is 0.389 e. The summed E-state index contributed by atoms with van der Waals surface area (Å²) in [6.07, 6.45) is 9.42. The van der Waals surface area contributed by atoms with E-state index in [0.29, 0.717) is 6.42 Å². The second-order valence-corrected chi connectivity index (χ2v) is 3.06. The van der Waals surface area contributed by atoms with E-state index in [2.05, 4.69) is 12.8 Å². The van der Waals surface area contributed by atoms with E-state index in [0.717, 1.165) is 25.7 Å². The van der Waals surface area contributed by atoms with E-state index in [4.69, 9.17) is 6.42 Å². The fraction of sp³-hybridized carbons (Fsp3) is 0.800. The summed E-state index contributed by atoms with van der Waals surface area (Å²) in [6.45, 7) is 4.10. The zero-order valence-corrected chi connectivity index (χ0v) is 7.56. The first-order chi connectivity index (χ1) is 5.18. The van der Waals surface area contributed by atoms with Gasteiger partial charge in [0.15, 0.2) is 0 Å². The van der Waals surface area contributed by atoms with E-state index in [1.807, 2.05) is 6.92 Å². The lowest BCUT2D eigenvalue weighted by molar-refractivity contribution is 0.0304. The molecular weight excluding hydrogens is 136 g/mol. The Kier molecular flexibility index (Phi) is 4.98. The smallest absolute Gasteiger partial charge is 0.0753 e. The van der Waals surface area contributed by atoms with E-state index < -0.39 is 5.60 Å². The maximum Gasteiger partial charge on any atom is 0.0753 e. The van der Waals surface area contributed by atoms with Gasteiger partial charge in [0.05, 0.1) is 5.60 Å². The first kappa shape index (κ1) is 10.5. The summed E-state index contributed by atoms with van der Waals surface area (Å²) < 4.78 is 0. The van der Waals surface area contributed by atoms with E-state index in [1.54, 1.807) is 0 Å². The van der Waals surface area contributed by atoms with E-state index >= 15 is 0 Å². The van der Waals surface area contributed by atoms with E-state index in [-0.39, 0.29) is 0 Å². The summed E-state index contributed by atoms with van der Waals surface area (Å²) in [5.41, 5.74) is -0.592. The highest BCUT2D eigenvalue weighted by Crippen LogP contribution is 2.21. The lowest BCUT2D eigenvalue weighted by Crippen LogP contribution is -2.26. The van der Waals surface area contributed by atoms with Crippen LogP contribution < -0.4 is 0 Å². The van der Waals surface area contributed by atoms with Gasteiger partial charge >= 0.3 is 0 Å². The number of terminal acetylenes is 1. The van der Waals surface area contributed by atoms with Crippen LogP contribution in [-0.4, -0.2) is 10.7 Å². The predicted octanol–water partition coefficient (Wildman–Crippen LogP) is 2.34. The Hall–Kier alpha value is -0.480. The van der Waals surface area contributed by atoms with Gasteiger partial charge in [-0.1, -0.05) is 26.7 Å². The van der Waals surface area contributed by atoms with Gasteiger partial charge in [-0.05, 0) is 12.8 Å². The molecule has 0 saturated carbocycles. The van der Waals surface area contributed by atoms with Crippen LogP contribution in [0.5, 0.6) is 0 Å². The number of unbranched alkanes of at least 4 members (excludes halogenated alkanes) is 1. The highest BCUT2D eigenvalue weighted by Gasteiger charge is 2.21. The lowest BCUT2D eigenvalue weighted by atomic mass is 9.91. The number of hydrogen-bond donors (Lipinski definition) is 1. The van der Waals surface area contributed by atoms with Crippen molar-refractivity contribution in [2.45, 2.75) is 51.6 Å². The first-order valence-electron chi connectivity index (χ1n) is 4.34. The van der Waals surface area contributed by atoms with Crippen molar-refractivity contribution < 1.29 is 5.11 Å².